The Kier molecular flexibility index (Phi) is 2.87. The second-order valence-electron chi connectivity index (χ2n) is 2.71. The van der Waals surface area contributed by atoms with Crippen LogP contribution < -0.4 is 5.73 Å². The van der Waals surface area contributed by atoms with Gasteiger partial charge in [0.25, 0.3) is 0 Å². The van der Waals surface area contributed by atoms with Crippen LogP contribution in [-0.4, -0.2) is 22.3 Å². The number of nitrogens with one attached hydrogen (secondary N) is 1. The average molecular weight is 196 g/mol. The minimum absolute atomic E-state index is 0.0554. The third kappa shape index (κ3) is 1.80. The fourth-order valence-corrected chi connectivity index (χ4v) is 1.64. The average Bonchev–Trinajstić information content (AvgIpc) is 2.08. The van der Waals surface area contributed by atoms with Crippen LogP contribution in [0, 0.1) is 19.3 Å². The van der Waals surface area contributed by atoms with Gasteiger partial charge in [0.15, 0.2) is 0 Å². The van der Waals surface area contributed by atoms with Gasteiger partial charge in [0.05, 0.1) is 11.3 Å². The highest BCUT2D eigenvalue weighted by Crippen LogP contribution is 2.20. The zero-order valence-corrected chi connectivity index (χ0v) is 8.70. The van der Waals surface area contributed by atoms with E-state index in [1.54, 1.807) is 0 Å². The highest BCUT2D eigenvalue weighted by Gasteiger charge is 2.12. The molecule has 1 aromatic rings. The quantitative estimate of drug-likeness (QED) is 0.422. The molecule has 3 N–H and O–H groups in total. The third-order valence-corrected chi connectivity index (χ3v) is 2.56. The van der Waals surface area contributed by atoms with E-state index in [1.807, 2.05) is 20.1 Å². The smallest absolute Gasteiger partial charge is 0.130 e. The van der Waals surface area contributed by atoms with Gasteiger partial charge in [-0.25, -0.2) is 0 Å². The molecule has 13 heavy (non-hydrogen) atoms. The highest BCUT2D eigenvalue weighted by molar-refractivity contribution is 7.98. The SMILES string of the molecule is CSc1nnc(C)c(C)c1C(=N)N. The van der Waals surface area contributed by atoms with Crippen LogP contribution in [0.5, 0.6) is 0 Å². The van der Waals surface area contributed by atoms with Crippen LogP contribution in [0.25, 0.3) is 0 Å². The lowest BCUT2D eigenvalue weighted by Gasteiger charge is -2.08. The van der Waals surface area contributed by atoms with Gasteiger partial charge in [0.2, 0.25) is 0 Å². The first-order valence-electron chi connectivity index (χ1n) is 3.80. The van der Waals surface area contributed by atoms with Crippen LogP contribution in [0.15, 0.2) is 5.03 Å². The maximum absolute atomic E-state index is 7.41. The van der Waals surface area contributed by atoms with Crippen molar-refractivity contribution in [3.63, 3.8) is 0 Å². The number of hydrogen-bond donors (Lipinski definition) is 2. The van der Waals surface area contributed by atoms with E-state index in [1.165, 1.54) is 11.8 Å². The molecule has 0 atom stereocenters. The summed E-state index contributed by atoms with van der Waals surface area (Å²) in [4.78, 5) is 0. The Hall–Kier alpha value is -1.10. The predicted octanol–water partition coefficient (Wildman–Crippen LogP) is 1.10. The van der Waals surface area contributed by atoms with Gasteiger partial charge in [-0.05, 0) is 25.7 Å². The topological polar surface area (TPSA) is 75.7 Å². The van der Waals surface area contributed by atoms with E-state index in [0.29, 0.717) is 5.56 Å². The first-order chi connectivity index (χ1) is 6.07. The highest BCUT2D eigenvalue weighted by atomic mass is 32.2. The molecular weight excluding hydrogens is 184 g/mol. The summed E-state index contributed by atoms with van der Waals surface area (Å²) in [5.41, 5.74) is 7.93. The molecule has 1 aromatic heterocycles. The van der Waals surface area contributed by atoms with Crippen molar-refractivity contribution in [2.75, 3.05) is 6.26 Å². The first-order valence-corrected chi connectivity index (χ1v) is 5.02. The monoisotopic (exact) mass is 196 g/mol. The van der Waals surface area contributed by atoms with E-state index in [0.717, 1.165) is 16.3 Å². The van der Waals surface area contributed by atoms with Crippen LogP contribution in [0.1, 0.15) is 16.8 Å². The Morgan fingerprint density at radius 2 is 2.00 bits per heavy atom. The van der Waals surface area contributed by atoms with Crippen molar-refractivity contribution in [3.8, 4) is 0 Å². The summed E-state index contributed by atoms with van der Waals surface area (Å²) in [6.45, 7) is 3.76. The molecule has 0 aliphatic heterocycles. The van der Waals surface area contributed by atoms with Crippen molar-refractivity contribution in [2.45, 2.75) is 18.9 Å². The van der Waals surface area contributed by atoms with Gasteiger partial charge >= 0.3 is 0 Å². The number of rotatable bonds is 2. The first kappa shape index (κ1) is 9.98. The van der Waals surface area contributed by atoms with Gasteiger partial charge in [-0.15, -0.1) is 16.9 Å². The third-order valence-electron chi connectivity index (χ3n) is 1.89. The Labute approximate surface area is 81.4 Å². The zero-order valence-electron chi connectivity index (χ0n) is 7.88. The minimum Gasteiger partial charge on any atom is -0.384 e. The van der Waals surface area contributed by atoms with Gasteiger partial charge in [-0.2, -0.15) is 5.10 Å². The van der Waals surface area contributed by atoms with E-state index < -0.39 is 0 Å². The summed E-state index contributed by atoms with van der Waals surface area (Å²) in [6, 6.07) is 0. The molecule has 70 valence electrons. The number of nitrogen functional groups attached to an aromatic ring is 1. The van der Waals surface area contributed by atoms with Crippen molar-refractivity contribution < 1.29 is 0 Å². The number of amidine groups is 1. The second kappa shape index (κ2) is 3.74. The standard InChI is InChI=1S/C8H12N4S/c1-4-5(2)11-12-8(13-3)6(4)7(9)10/h1-3H3,(H3,9,10). The summed E-state index contributed by atoms with van der Waals surface area (Å²) in [5.74, 6) is 0.0554. The Morgan fingerprint density at radius 3 is 2.46 bits per heavy atom. The van der Waals surface area contributed by atoms with Crippen molar-refractivity contribution >= 4 is 17.6 Å². The largest absolute Gasteiger partial charge is 0.384 e. The van der Waals surface area contributed by atoms with Crippen LogP contribution in [0.4, 0.5) is 0 Å². The summed E-state index contributed by atoms with van der Waals surface area (Å²) in [7, 11) is 0. The molecule has 1 rings (SSSR count). The van der Waals surface area contributed by atoms with E-state index in [-0.39, 0.29) is 5.84 Å². The molecule has 1 heterocycles. The Bertz CT molecular complexity index is 348. The molecular formula is C8H12N4S. The summed E-state index contributed by atoms with van der Waals surface area (Å²) < 4.78 is 0. The van der Waals surface area contributed by atoms with Gasteiger partial charge in [0, 0.05) is 0 Å². The summed E-state index contributed by atoms with van der Waals surface area (Å²) in [5, 5.41) is 16.1. The van der Waals surface area contributed by atoms with Crippen molar-refractivity contribution in [1.82, 2.24) is 10.2 Å². The molecule has 0 fully saturated rings. The molecule has 0 spiro atoms. The van der Waals surface area contributed by atoms with E-state index in [4.69, 9.17) is 11.1 Å². The van der Waals surface area contributed by atoms with Crippen LogP contribution in [0.2, 0.25) is 0 Å². The van der Waals surface area contributed by atoms with Gasteiger partial charge in [-0.1, -0.05) is 0 Å². The molecule has 0 aliphatic carbocycles. The number of hydrogen-bond acceptors (Lipinski definition) is 4. The number of nitrogens with two attached hydrogens (primary N) is 1. The maximum Gasteiger partial charge on any atom is 0.130 e. The molecule has 5 heteroatoms. The predicted molar refractivity (Wildman–Crippen MR) is 54.3 cm³/mol. The molecule has 0 saturated carbocycles. The fraction of sp³-hybridized carbons (Fsp3) is 0.375. The summed E-state index contributed by atoms with van der Waals surface area (Å²) >= 11 is 1.45. The van der Waals surface area contributed by atoms with Crippen LogP contribution in [-0.2, 0) is 0 Å². The molecule has 0 saturated heterocycles. The molecule has 0 aromatic carbocycles. The number of nitrogens with zero attached hydrogens (tertiary/aromatic N) is 2. The molecule has 4 nitrogen and oxygen atoms in total. The van der Waals surface area contributed by atoms with Gasteiger partial charge < -0.3 is 5.73 Å². The van der Waals surface area contributed by atoms with Gasteiger partial charge in [-0.3, -0.25) is 5.41 Å². The molecule has 0 amide bonds. The lowest BCUT2D eigenvalue weighted by Crippen LogP contribution is -2.16. The molecule has 0 aliphatic rings. The molecule has 0 radical (unpaired) electrons. The number of aromatic nitrogens is 2. The second-order valence-corrected chi connectivity index (χ2v) is 3.50. The van der Waals surface area contributed by atoms with Crippen molar-refractivity contribution in [3.05, 3.63) is 16.8 Å². The Balaban J connectivity index is 3.41. The van der Waals surface area contributed by atoms with Crippen LogP contribution in [0.3, 0.4) is 0 Å². The number of aryl methyl sites for hydroxylation is 1. The lowest BCUT2D eigenvalue weighted by atomic mass is 10.1. The number of thioether (sulfide) groups is 1. The molecule has 0 unspecified atom stereocenters. The normalized spacial score (nSPS) is 10.1. The van der Waals surface area contributed by atoms with Crippen molar-refractivity contribution in [2.24, 2.45) is 5.73 Å². The van der Waals surface area contributed by atoms with E-state index in [2.05, 4.69) is 10.2 Å². The van der Waals surface area contributed by atoms with E-state index >= 15 is 0 Å². The van der Waals surface area contributed by atoms with Crippen molar-refractivity contribution in [1.29, 1.82) is 5.41 Å². The van der Waals surface area contributed by atoms with Gasteiger partial charge in [0.1, 0.15) is 10.9 Å². The zero-order chi connectivity index (χ0) is 10.0. The molecule has 0 bridgehead atoms. The lowest BCUT2D eigenvalue weighted by molar-refractivity contribution is 0.874. The summed E-state index contributed by atoms with van der Waals surface area (Å²) in [6.07, 6.45) is 1.89. The Morgan fingerprint density at radius 1 is 1.38 bits per heavy atom. The fourth-order valence-electron chi connectivity index (χ4n) is 1.05. The van der Waals surface area contributed by atoms with E-state index in [9.17, 15) is 0 Å². The van der Waals surface area contributed by atoms with Crippen LogP contribution >= 0.6 is 11.8 Å². The minimum atomic E-state index is 0.0554. The maximum atomic E-state index is 7.41.